The third-order valence-corrected chi connectivity index (χ3v) is 7.30. The van der Waals surface area contributed by atoms with Crippen LogP contribution in [0.5, 0.6) is 0 Å². The van der Waals surface area contributed by atoms with Crippen LogP contribution in [0.4, 0.5) is 4.79 Å². The highest BCUT2D eigenvalue weighted by atomic mass is 16.5. The first-order valence-electron chi connectivity index (χ1n) is 12.5. The molecule has 0 spiro atoms. The summed E-state index contributed by atoms with van der Waals surface area (Å²) in [5, 5.41) is 12.2. The molecule has 4 rings (SSSR count). The van der Waals surface area contributed by atoms with Gasteiger partial charge in [0.15, 0.2) is 0 Å². The molecule has 35 heavy (non-hydrogen) atoms. The van der Waals surface area contributed by atoms with E-state index in [2.05, 4.69) is 29.6 Å². The third kappa shape index (κ3) is 5.50. The van der Waals surface area contributed by atoms with Gasteiger partial charge >= 0.3 is 12.1 Å². The standard InChI is InChI=1S/C28H34N2O5/c1-3-8-19(15-26(31)30-14-13-20(27(32)33)18(2)16-30)29-28(34)35-17-25-23-11-6-4-9-21(23)22-10-5-7-12-24(22)25/h4-7,9-12,18-20,25H,3,8,13-17H2,1-2H3,(H,29,34)(H,32,33)/t18?,19-,20?/m0/s1. The minimum atomic E-state index is -0.801. The van der Waals surface area contributed by atoms with Crippen molar-refractivity contribution in [3.63, 3.8) is 0 Å². The molecule has 2 unspecified atom stereocenters. The number of aliphatic carboxylic acids is 1. The lowest BCUT2D eigenvalue weighted by molar-refractivity contribution is -0.148. The zero-order valence-electron chi connectivity index (χ0n) is 20.4. The van der Waals surface area contributed by atoms with Gasteiger partial charge < -0.3 is 20.1 Å². The van der Waals surface area contributed by atoms with Crippen molar-refractivity contribution in [2.75, 3.05) is 19.7 Å². The van der Waals surface area contributed by atoms with Gasteiger partial charge in [0, 0.05) is 31.5 Å². The number of carboxylic acids is 1. The van der Waals surface area contributed by atoms with Crippen LogP contribution in [-0.4, -0.2) is 53.7 Å². The highest BCUT2D eigenvalue weighted by molar-refractivity contribution is 5.80. The topological polar surface area (TPSA) is 95.9 Å². The van der Waals surface area contributed by atoms with Crippen molar-refractivity contribution in [1.29, 1.82) is 0 Å². The number of hydrogen-bond donors (Lipinski definition) is 2. The SMILES string of the molecule is CCC[C@@H](CC(=O)N1CCC(C(=O)O)C(C)C1)NC(=O)OCC1c2ccccc2-c2ccccc21. The summed E-state index contributed by atoms with van der Waals surface area (Å²) < 4.78 is 5.66. The van der Waals surface area contributed by atoms with Gasteiger partial charge in [0.1, 0.15) is 6.61 Å². The molecule has 0 aromatic heterocycles. The fourth-order valence-electron chi connectivity index (χ4n) is 5.46. The lowest BCUT2D eigenvalue weighted by Crippen LogP contribution is -2.47. The summed E-state index contributed by atoms with van der Waals surface area (Å²) in [5.74, 6) is -1.38. The maximum Gasteiger partial charge on any atom is 0.407 e. The van der Waals surface area contributed by atoms with Crippen molar-refractivity contribution in [3.05, 3.63) is 59.7 Å². The van der Waals surface area contributed by atoms with Crippen LogP contribution in [-0.2, 0) is 14.3 Å². The van der Waals surface area contributed by atoms with Gasteiger partial charge in [0.25, 0.3) is 0 Å². The average Bonchev–Trinajstić information content (AvgIpc) is 3.16. The molecule has 7 nitrogen and oxygen atoms in total. The largest absolute Gasteiger partial charge is 0.481 e. The molecule has 0 radical (unpaired) electrons. The Bertz CT molecular complexity index is 1040. The number of carbonyl (C=O) groups excluding carboxylic acids is 2. The molecular weight excluding hydrogens is 444 g/mol. The van der Waals surface area contributed by atoms with Crippen molar-refractivity contribution in [2.45, 2.75) is 51.5 Å². The Morgan fingerprint density at radius 1 is 1.09 bits per heavy atom. The van der Waals surface area contributed by atoms with E-state index in [1.165, 1.54) is 11.1 Å². The Kier molecular flexibility index (Phi) is 7.73. The highest BCUT2D eigenvalue weighted by Crippen LogP contribution is 2.44. The number of carboxylic acid groups (broad SMARTS) is 1. The van der Waals surface area contributed by atoms with Gasteiger partial charge in [-0.25, -0.2) is 4.79 Å². The van der Waals surface area contributed by atoms with Crippen LogP contribution in [0.25, 0.3) is 11.1 Å². The number of likely N-dealkylation sites (tertiary alicyclic amines) is 1. The van der Waals surface area contributed by atoms with Crippen LogP contribution in [0.3, 0.4) is 0 Å². The number of ether oxygens (including phenoxy) is 1. The van der Waals surface area contributed by atoms with E-state index < -0.39 is 18.0 Å². The van der Waals surface area contributed by atoms with E-state index in [4.69, 9.17) is 4.74 Å². The first-order chi connectivity index (χ1) is 16.9. The number of hydrogen-bond acceptors (Lipinski definition) is 4. The van der Waals surface area contributed by atoms with E-state index in [0.717, 1.165) is 17.5 Å². The van der Waals surface area contributed by atoms with Gasteiger partial charge in [-0.1, -0.05) is 68.8 Å². The summed E-state index contributed by atoms with van der Waals surface area (Å²) in [5.41, 5.74) is 4.65. The maximum atomic E-state index is 12.9. The Labute approximate surface area is 206 Å². The molecule has 186 valence electrons. The molecule has 2 amide bonds. The number of nitrogens with one attached hydrogen (secondary N) is 1. The summed E-state index contributed by atoms with van der Waals surface area (Å²) in [6, 6.07) is 16.1. The molecule has 7 heteroatoms. The molecule has 0 bridgehead atoms. The van der Waals surface area contributed by atoms with Crippen molar-refractivity contribution in [1.82, 2.24) is 10.2 Å². The second-order valence-corrected chi connectivity index (χ2v) is 9.71. The van der Waals surface area contributed by atoms with Gasteiger partial charge in [-0.2, -0.15) is 0 Å². The molecule has 1 aliphatic carbocycles. The molecule has 2 aromatic rings. The zero-order chi connectivity index (χ0) is 24.9. The smallest absolute Gasteiger partial charge is 0.407 e. The summed E-state index contributed by atoms with van der Waals surface area (Å²) in [4.78, 5) is 38.7. The van der Waals surface area contributed by atoms with Crippen molar-refractivity contribution in [3.8, 4) is 11.1 Å². The molecular formula is C28H34N2O5. The predicted molar refractivity (Wildman–Crippen MR) is 133 cm³/mol. The lowest BCUT2D eigenvalue weighted by Gasteiger charge is -2.35. The van der Waals surface area contributed by atoms with E-state index in [1.807, 2.05) is 38.1 Å². The number of carbonyl (C=O) groups is 3. The van der Waals surface area contributed by atoms with E-state index in [0.29, 0.717) is 25.9 Å². The molecule has 1 aliphatic heterocycles. The van der Waals surface area contributed by atoms with Crippen LogP contribution < -0.4 is 5.32 Å². The van der Waals surface area contributed by atoms with E-state index in [1.54, 1.807) is 4.90 Å². The number of alkyl carbamates (subject to hydrolysis) is 1. The summed E-state index contributed by atoms with van der Waals surface area (Å²) >= 11 is 0. The summed E-state index contributed by atoms with van der Waals surface area (Å²) in [6.45, 7) is 4.98. The molecule has 2 aromatic carbocycles. The van der Waals surface area contributed by atoms with Crippen LogP contribution in [0, 0.1) is 11.8 Å². The fraction of sp³-hybridized carbons (Fsp3) is 0.464. The molecule has 0 saturated carbocycles. The maximum absolute atomic E-state index is 12.9. The van der Waals surface area contributed by atoms with Gasteiger partial charge in [0.05, 0.1) is 5.92 Å². The average molecular weight is 479 g/mol. The van der Waals surface area contributed by atoms with Crippen molar-refractivity contribution < 1.29 is 24.2 Å². The van der Waals surface area contributed by atoms with Crippen LogP contribution >= 0.6 is 0 Å². The van der Waals surface area contributed by atoms with Gasteiger partial charge in [-0.3, -0.25) is 9.59 Å². The van der Waals surface area contributed by atoms with Crippen molar-refractivity contribution in [2.24, 2.45) is 11.8 Å². The van der Waals surface area contributed by atoms with E-state index >= 15 is 0 Å². The second-order valence-electron chi connectivity index (χ2n) is 9.71. The minimum Gasteiger partial charge on any atom is -0.481 e. The number of amides is 2. The second kappa shape index (κ2) is 10.9. The Morgan fingerprint density at radius 3 is 2.29 bits per heavy atom. The highest BCUT2D eigenvalue weighted by Gasteiger charge is 2.34. The molecule has 1 fully saturated rings. The van der Waals surface area contributed by atoms with Crippen molar-refractivity contribution >= 4 is 18.0 Å². The summed E-state index contributed by atoms with van der Waals surface area (Å²) in [6.07, 6.45) is 1.61. The van der Waals surface area contributed by atoms with Crippen LogP contribution in [0.15, 0.2) is 48.5 Å². The molecule has 2 aliphatic rings. The molecule has 2 N–H and O–H groups in total. The van der Waals surface area contributed by atoms with E-state index in [9.17, 15) is 19.5 Å². The summed E-state index contributed by atoms with van der Waals surface area (Å²) in [7, 11) is 0. The Balaban J connectivity index is 1.33. The number of fused-ring (bicyclic) bond motifs is 3. The molecule has 3 atom stereocenters. The normalized spacial score (nSPS) is 20.0. The minimum absolute atomic E-state index is 0.0172. The van der Waals surface area contributed by atoms with Gasteiger partial charge in [-0.15, -0.1) is 0 Å². The monoisotopic (exact) mass is 478 g/mol. The zero-order valence-corrected chi connectivity index (χ0v) is 20.4. The number of rotatable bonds is 8. The fourth-order valence-corrected chi connectivity index (χ4v) is 5.46. The quantitative estimate of drug-likeness (QED) is 0.576. The Morgan fingerprint density at radius 2 is 1.71 bits per heavy atom. The number of nitrogens with zero attached hydrogens (tertiary/aromatic N) is 1. The first kappa shape index (κ1) is 24.8. The lowest BCUT2D eigenvalue weighted by atomic mass is 9.87. The van der Waals surface area contributed by atoms with Crippen LogP contribution in [0.2, 0.25) is 0 Å². The van der Waals surface area contributed by atoms with Crippen LogP contribution in [0.1, 0.15) is 56.6 Å². The molecule has 1 saturated heterocycles. The number of piperidine rings is 1. The van der Waals surface area contributed by atoms with E-state index in [-0.39, 0.29) is 36.8 Å². The number of benzene rings is 2. The van der Waals surface area contributed by atoms with Gasteiger partial charge in [-0.05, 0) is 41.0 Å². The predicted octanol–water partition coefficient (Wildman–Crippen LogP) is 4.65. The van der Waals surface area contributed by atoms with Gasteiger partial charge in [0.2, 0.25) is 5.91 Å². The molecule has 1 heterocycles. The first-order valence-corrected chi connectivity index (χ1v) is 12.5. The Hall–Kier alpha value is -3.35. The third-order valence-electron chi connectivity index (χ3n) is 7.30.